The molecule has 1 aliphatic rings. The molecule has 0 atom stereocenters. The van der Waals surface area contributed by atoms with E-state index in [1.807, 2.05) is 19.9 Å². The van der Waals surface area contributed by atoms with Gasteiger partial charge in [-0.2, -0.15) is 4.31 Å². The maximum Gasteiger partial charge on any atom is 0.355 e. The lowest BCUT2D eigenvalue weighted by Gasteiger charge is -2.17. The molecule has 2 aromatic heterocycles. The first-order valence-corrected chi connectivity index (χ1v) is 11.6. The number of rotatable bonds is 9. The summed E-state index contributed by atoms with van der Waals surface area (Å²) in [5, 5.41) is 0. The van der Waals surface area contributed by atoms with Gasteiger partial charge in [0.15, 0.2) is 6.61 Å². The lowest BCUT2D eigenvalue weighted by Crippen LogP contribution is -2.30. The van der Waals surface area contributed by atoms with Crippen LogP contribution in [0.2, 0.25) is 0 Å². The number of carbonyl (C=O) groups excluding carboxylic acids is 2. The van der Waals surface area contributed by atoms with Crippen LogP contribution in [-0.2, 0) is 21.8 Å². The van der Waals surface area contributed by atoms with Crippen LogP contribution < -0.4 is 0 Å². The van der Waals surface area contributed by atoms with Gasteiger partial charge in [0.1, 0.15) is 10.6 Å². The Morgan fingerprint density at radius 3 is 2.37 bits per heavy atom. The molecular weight excluding hydrogens is 406 g/mol. The van der Waals surface area contributed by atoms with Gasteiger partial charge < -0.3 is 13.9 Å². The van der Waals surface area contributed by atoms with Gasteiger partial charge in [-0.15, -0.1) is 0 Å². The van der Waals surface area contributed by atoms with Gasteiger partial charge in [0.2, 0.25) is 15.8 Å². The molecule has 2 heterocycles. The van der Waals surface area contributed by atoms with E-state index in [0.717, 1.165) is 24.2 Å². The van der Waals surface area contributed by atoms with Crippen LogP contribution in [0.5, 0.6) is 0 Å². The quantitative estimate of drug-likeness (QED) is 0.446. The van der Waals surface area contributed by atoms with Crippen molar-refractivity contribution in [3.8, 4) is 0 Å². The van der Waals surface area contributed by atoms with Crippen molar-refractivity contribution < 1.29 is 22.7 Å². The van der Waals surface area contributed by atoms with Crippen LogP contribution >= 0.6 is 0 Å². The summed E-state index contributed by atoms with van der Waals surface area (Å²) in [7, 11) is -2.11. The zero-order valence-corrected chi connectivity index (χ0v) is 19.0. The first-order chi connectivity index (χ1) is 14.1. The highest BCUT2D eigenvalue weighted by atomic mass is 32.2. The highest BCUT2D eigenvalue weighted by Gasteiger charge is 2.29. The monoisotopic (exact) mass is 435 g/mol. The number of ether oxygens (including phenoxy) is 1. The zero-order valence-electron chi connectivity index (χ0n) is 18.1. The molecule has 30 heavy (non-hydrogen) atoms. The fourth-order valence-corrected chi connectivity index (χ4v) is 5.36. The molecule has 0 radical (unpaired) electrons. The molecule has 0 aliphatic heterocycles. The highest BCUT2D eigenvalue weighted by Crippen LogP contribution is 2.38. The van der Waals surface area contributed by atoms with Crippen LogP contribution in [0, 0.1) is 13.8 Å². The normalized spacial score (nSPS) is 14.3. The molecule has 0 unspecified atom stereocenters. The molecule has 0 amide bonds. The minimum absolute atomic E-state index is 0.0277. The number of esters is 1. The highest BCUT2D eigenvalue weighted by molar-refractivity contribution is 7.89. The molecule has 3 rings (SSSR count). The number of sulfonamides is 1. The first kappa shape index (κ1) is 22.3. The molecule has 2 aromatic rings. The van der Waals surface area contributed by atoms with Crippen molar-refractivity contribution in [3.05, 3.63) is 41.0 Å². The van der Waals surface area contributed by atoms with Crippen LogP contribution in [0.15, 0.2) is 23.2 Å². The summed E-state index contributed by atoms with van der Waals surface area (Å²) in [5.41, 5.74) is 2.56. The molecule has 0 aromatic carbocycles. The molecular formula is C21H29N3O5S. The Bertz CT molecular complexity index is 1070. The second-order valence-corrected chi connectivity index (χ2v) is 9.58. The third-order valence-corrected chi connectivity index (χ3v) is 7.58. The van der Waals surface area contributed by atoms with Crippen LogP contribution in [0.25, 0.3) is 0 Å². The number of aromatic nitrogens is 2. The Hall–Kier alpha value is -2.39. The van der Waals surface area contributed by atoms with Crippen LogP contribution in [0.4, 0.5) is 0 Å². The van der Waals surface area contributed by atoms with Crippen LogP contribution in [0.1, 0.15) is 65.0 Å². The van der Waals surface area contributed by atoms with Gasteiger partial charge in [-0.25, -0.2) is 13.2 Å². The van der Waals surface area contributed by atoms with E-state index in [2.05, 4.69) is 4.57 Å². The fraction of sp³-hybridized carbons (Fsp3) is 0.524. The van der Waals surface area contributed by atoms with Crippen LogP contribution in [0.3, 0.4) is 0 Å². The molecule has 0 N–H and O–H groups in total. The number of hydrogen-bond acceptors (Lipinski definition) is 5. The zero-order chi connectivity index (χ0) is 22.2. The van der Waals surface area contributed by atoms with Crippen molar-refractivity contribution in [3.63, 3.8) is 0 Å². The molecule has 9 heteroatoms. The number of nitrogens with zero attached hydrogens (tertiary/aromatic N) is 3. The average Bonchev–Trinajstić information content (AvgIpc) is 3.37. The largest absolute Gasteiger partial charge is 0.453 e. The number of aryl methyl sites for hydroxylation is 2. The molecule has 0 spiro atoms. The van der Waals surface area contributed by atoms with E-state index in [0.29, 0.717) is 24.7 Å². The standard InChI is InChI=1S/C21H29N3O5S/c1-6-23(7-2)30(27,28)17-11-19(22(5)12-17)21(26)29-13-20(25)18-10-14(3)24(15(18)4)16-8-9-16/h10-12,16H,6-9,13H2,1-5H3. The van der Waals surface area contributed by atoms with Crippen molar-refractivity contribution in [2.75, 3.05) is 19.7 Å². The van der Waals surface area contributed by atoms with Gasteiger partial charge >= 0.3 is 5.97 Å². The van der Waals surface area contributed by atoms with Gasteiger partial charge in [-0.1, -0.05) is 13.8 Å². The average molecular weight is 436 g/mol. The van der Waals surface area contributed by atoms with E-state index in [9.17, 15) is 18.0 Å². The molecule has 1 saturated carbocycles. The lowest BCUT2D eigenvalue weighted by atomic mass is 10.1. The van der Waals surface area contributed by atoms with Gasteiger partial charge in [-0.3, -0.25) is 4.79 Å². The Labute approximate surface area is 177 Å². The smallest absolute Gasteiger partial charge is 0.355 e. The number of hydrogen-bond donors (Lipinski definition) is 0. The molecule has 8 nitrogen and oxygen atoms in total. The van der Waals surface area contributed by atoms with Gasteiger partial charge in [0.05, 0.1) is 0 Å². The summed E-state index contributed by atoms with van der Waals surface area (Å²) < 4.78 is 35.4. The predicted octanol–water partition coefficient (Wildman–Crippen LogP) is 2.85. The predicted molar refractivity (Wildman–Crippen MR) is 112 cm³/mol. The van der Waals surface area contributed by atoms with Crippen molar-refractivity contribution in [2.24, 2.45) is 7.05 Å². The molecule has 0 saturated heterocycles. The molecule has 1 aliphatic carbocycles. The minimum Gasteiger partial charge on any atom is -0.453 e. The van der Waals surface area contributed by atoms with Crippen molar-refractivity contribution in [1.29, 1.82) is 0 Å². The first-order valence-electron chi connectivity index (χ1n) is 10.2. The van der Waals surface area contributed by atoms with E-state index in [1.165, 1.54) is 21.1 Å². The summed E-state index contributed by atoms with van der Waals surface area (Å²) in [6.07, 6.45) is 3.62. The topological polar surface area (TPSA) is 90.6 Å². The Balaban J connectivity index is 1.72. The maximum atomic E-state index is 12.7. The SMILES string of the molecule is CCN(CC)S(=O)(=O)c1cc(C(=O)OCC(=O)c2cc(C)n(C3CC3)c2C)n(C)c1. The van der Waals surface area contributed by atoms with Crippen molar-refractivity contribution >= 4 is 21.8 Å². The molecule has 164 valence electrons. The Morgan fingerprint density at radius 2 is 1.80 bits per heavy atom. The maximum absolute atomic E-state index is 12.7. The van der Waals surface area contributed by atoms with Crippen molar-refractivity contribution in [2.45, 2.75) is 51.5 Å². The van der Waals surface area contributed by atoms with E-state index < -0.39 is 22.6 Å². The van der Waals surface area contributed by atoms with Gasteiger partial charge in [0.25, 0.3) is 0 Å². The van der Waals surface area contributed by atoms with Gasteiger partial charge in [-0.05, 0) is 38.8 Å². The second-order valence-electron chi connectivity index (χ2n) is 7.65. The minimum atomic E-state index is -3.69. The molecule has 0 bridgehead atoms. The number of ketones is 1. The van der Waals surface area contributed by atoms with E-state index in [4.69, 9.17) is 4.74 Å². The number of carbonyl (C=O) groups is 2. The van der Waals surface area contributed by atoms with E-state index in [1.54, 1.807) is 20.9 Å². The third kappa shape index (κ3) is 4.09. The van der Waals surface area contributed by atoms with Crippen LogP contribution in [-0.4, -0.2) is 53.3 Å². The molecule has 1 fully saturated rings. The summed E-state index contributed by atoms with van der Waals surface area (Å²) in [6.45, 7) is 7.66. The summed E-state index contributed by atoms with van der Waals surface area (Å²) in [6, 6.07) is 3.59. The number of Topliss-reactive ketones (excluding diaryl/α,β-unsaturated/α-hetero) is 1. The third-order valence-electron chi connectivity index (χ3n) is 5.56. The van der Waals surface area contributed by atoms with Crippen molar-refractivity contribution in [1.82, 2.24) is 13.4 Å². The summed E-state index contributed by atoms with van der Waals surface area (Å²) >= 11 is 0. The van der Waals surface area contributed by atoms with E-state index in [-0.39, 0.29) is 16.4 Å². The summed E-state index contributed by atoms with van der Waals surface area (Å²) in [5.74, 6) is -1.00. The lowest BCUT2D eigenvalue weighted by molar-refractivity contribution is 0.0465. The van der Waals surface area contributed by atoms with Gasteiger partial charge in [0, 0.05) is 49.3 Å². The Morgan fingerprint density at radius 1 is 1.17 bits per heavy atom. The Kier molecular flexibility index (Phi) is 6.24. The second kappa shape index (κ2) is 8.39. The van der Waals surface area contributed by atoms with E-state index >= 15 is 0 Å². The summed E-state index contributed by atoms with van der Waals surface area (Å²) in [4.78, 5) is 25.2. The fourth-order valence-electron chi connectivity index (χ4n) is 3.83.